The topological polar surface area (TPSA) is 47.3 Å². The van der Waals surface area contributed by atoms with Gasteiger partial charge in [0, 0.05) is 9.50 Å². The fraction of sp³-hybridized carbons (Fsp3) is 0.250. The van der Waals surface area contributed by atoms with E-state index in [9.17, 15) is 0 Å². The molecule has 0 aliphatic rings. The molecule has 0 heterocycles. The van der Waals surface area contributed by atoms with Gasteiger partial charge in [-0.15, -0.1) is 0 Å². The van der Waals surface area contributed by atoms with Crippen molar-refractivity contribution in [2.45, 2.75) is 19.4 Å². The number of hydrazine groups is 1. The van der Waals surface area contributed by atoms with Crippen molar-refractivity contribution in [2.24, 2.45) is 5.84 Å². The second-order valence-electron chi connectivity index (χ2n) is 4.88. The molecule has 2 aromatic carbocycles. The fourth-order valence-electron chi connectivity index (χ4n) is 2.42. The van der Waals surface area contributed by atoms with Gasteiger partial charge in [-0.25, -0.2) is 0 Å². The highest BCUT2D eigenvalue weighted by Gasteiger charge is 2.16. The lowest BCUT2D eigenvalue weighted by Gasteiger charge is -2.20. The highest BCUT2D eigenvalue weighted by atomic mass is 79.9. The minimum Gasteiger partial charge on any atom is -0.496 e. The van der Waals surface area contributed by atoms with Gasteiger partial charge in [-0.3, -0.25) is 11.3 Å². The molecule has 0 aliphatic carbocycles. The van der Waals surface area contributed by atoms with E-state index in [0.717, 1.165) is 38.4 Å². The normalized spacial score (nSPS) is 12.2. The number of methoxy groups -OCH3 is 1. The zero-order valence-corrected chi connectivity index (χ0v) is 14.3. The third-order valence-corrected chi connectivity index (χ3v) is 4.20. The van der Waals surface area contributed by atoms with E-state index in [4.69, 9.17) is 22.2 Å². The molecule has 0 aliphatic heterocycles. The molecule has 2 rings (SSSR count). The van der Waals surface area contributed by atoms with Crippen molar-refractivity contribution in [1.29, 1.82) is 0 Å². The van der Waals surface area contributed by atoms with Crippen LogP contribution in [0.4, 0.5) is 0 Å². The molecule has 0 spiro atoms. The van der Waals surface area contributed by atoms with E-state index >= 15 is 0 Å². The maximum atomic E-state index is 6.02. The maximum Gasteiger partial charge on any atom is 0.122 e. The zero-order valence-electron chi connectivity index (χ0n) is 12.0. The molecule has 0 saturated carbocycles. The molecule has 112 valence electrons. The Kier molecular flexibility index (Phi) is 5.65. The lowest BCUT2D eigenvalue weighted by atomic mass is 9.95. The molecule has 21 heavy (non-hydrogen) atoms. The third-order valence-electron chi connectivity index (χ3n) is 3.47. The van der Waals surface area contributed by atoms with Crippen molar-refractivity contribution >= 4 is 27.5 Å². The average molecular weight is 370 g/mol. The Morgan fingerprint density at radius 2 is 2.05 bits per heavy atom. The van der Waals surface area contributed by atoms with Crippen LogP contribution in [0.25, 0.3) is 0 Å². The molecule has 0 fully saturated rings. The number of hydrogen-bond acceptors (Lipinski definition) is 3. The van der Waals surface area contributed by atoms with E-state index in [1.807, 2.05) is 37.3 Å². The lowest BCUT2D eigenvalue weighted by Crippen LogP contribution is -2.30. The van der Waals surface area contributed by atoms with E-state index in [0.29, 0.717) is 0 Å². The highest BCUT2D eigenvalue weighted by Crippen LogP contribution is 2.29. The van der Waals surface area contributed by atoms with Gasteiger partial charge < -0.3 is 4.74 Å². The van der Waals surface area contributed by atoms with Gasteiger partial charge in [0.1, 0.15) is 5.75 Å². The number of nitrogens with one attached hydrogen (secondary N) is 1. The summed E-state index contributed by atoms with van der Waals surface area (Å²) in [7, 11) is 1.67. The number of benzene rings is 2. The first-order chi connectivity index (χ1) is 10.0. The summed E-state index contributed by atoms with van der Waals surface area (Å²) in [6.45, 7) is 2.03. The number of rotatable bonds is 5. The SMILES string of the molecule is COc1ccc(Br)cc1CC(NN)c1ccc(Cl)cc1C. The monoisotopic (exact) mass is 368 g/mol. The Balaban J connectivity index is 2.33. The quantitative estimate of drug-likeness (QED) is 0.614. The molecule has 0 saturated heterocycles. The summed E-state index contributed by atoms with van der Waals surface area (Å²) in [5.41, 5.74) is 6.21. The van der Waals surface area contributed by atoms with Crippen molar-refractivity contribution in [3.8, 4) is 5.75 Å². The summed E-state index contributed by atoms with van der Waals surface area (Å²) in [4.78, 5) is 0. The van der Waals surface area contributed by atoms with E-state index < -0.39 is 0 Å². The molecule has 1 unspecified atom stereocenters. The smallest absolute Gasteiger partial charge is 0.122 e. The molecule has 1 atom stereocenters. The third kappa shape index (κ3) is 3.98. The zero-order chi connectivity index (χ0) is 15.4. The second kappa shape index (κ2) is 7.27. The van der Waals surface area contributed by atoms with Crippen LogP contribution < -0.4 is 16.0 Å². The number of aryl methyl sites for hydroxylation is 1. The van der Waals surface area contributed by atoms with Gasteiger partial charge in [0.25, 0.3) is 0 Å². The Bertz CT molecular complexity index is 634. The minimum absolute atomic E-state index is 0.00883. The summed E-state index contributed by atoms with van der Waals surface area (Å²) in [6, 6.07) is 11.8. The van der Waals surface area contributed by atoms with Crippen molar-refractivity contribution in [3.05, 3.63) is 62.6 Å². The van der Waals surface area contributed by atoms with Crippen LogP contribution in [0.2, 0.25) is 5.02 Å². The van der Waals surface area contributed by atoms with Gasteiger partial charge in [-0.05, 0) is 60.4 Å². The molecule has 3 N–H and O–H groups in total. The summed E-state index contributed by atoms with van der Waals surface area (Å²) in [6.07, 6.45) is 0.724. The molecule has 5 heteroatoms. The summed E-state index contributed by atoms with van der Waals surface area (Å²) >= 11 is 9.51. The maximum absolute atomic E-state index is 6.02. The van der Waals surface area contributed by atoms with Gasteiger partial charge in [-0.2, -0.15) is 0 Å². The van der Waals surface area contributed by atoms with E-state index in [1.54, 1.807) is 7.11 Å². The van der Waals surface area contributed by atoms with Crippen molar-refractivity contribution < 1.29 is 4.74 Å². The van der Waals surface area contributed by atoms with Crippen molar-refractivity contribution in [2.75, 3.05) is 7.11 Å². The summed E-state index contributed by atoms with van der Waals surface area (Å²) < 4.78 is 6.44. The minimum atomic E-state index is -0.00883. The average Bonchev–Trinajstić information content (AvgIpc) is 2.45. The second-order valence-corrected chi connectivity index (χ2v) is 6.23. The number of nitrogens with two attached hydrogens (primary N) is 1. The molecule has 3 nitrogen and oxygen atoms in total. The predicted octanol–water partition coefficient (Wildman–Crippen LogP) is 4.17. The number of ether oxygens (including phenoxy) is 1. The van der Waals surface area contributed by atoms with Crippen LogP contribution in [0.5, 0.6) is 5.75 Å². The Morgan fingerprint density at radius 1 is 1.29 bits per heavy atom. The molecule has 2 aromatic rings. The molecule has 0 aromatic heterocycles. The van der Waals surface area contributed by atoms with Crippen molar-refractivity contribution in [1.82, 2.24) is 5.43 Å². The Labute approximate surface area is 138 Å². The van der Waals surface area contributed by atoms with E-state index in [1.165, 1.54) is 0 Å². The van der Waals surface area contributed by atoms with Crippen LogP contribution >= 0.6 is 27.5 Å². The highest BCUT2D eigenvalue weighted by molar-refractivity contribution is 9.10. The molecular formula is C16H18BrClN2O. The Hall–Kier alpha value is -1.07. The van der Waals surface area contributed by atoms with Crippen LogP contribution in [0, 0.1) is 6.92 Å². The summed E-state index contributed by atoms with van der Waals surface area (Å²) in [5, 5.41) is 0.729. The molecule has 0 bridgehead atoms. The lowest BCUT2D eigenvalue weighted by molar-refractivity contribution is 0.405. The van der Waals surface area contributed by atoms with Crippen LogP contribution in [-0.4, -0.2) is 7.11 Å². The first-order valence-electron chi connectivity index (χ1n) is 6.59. The van der Waals surface area contributed by atoms with Crippen molar-refractivity contribution in [3.63, 3.8) is 0 Å². The first kappa shape index (κ1) is 16.3. The van der Waals surface area contributed by atoms with Gasteiger partial charge in [0.05, 0.1) is 13.2 Å². The molecule has 0 radical (unpaired) electrons. The van der Waals surface area contributed by atoms with Gasteiger partial charge in [-0.1, -0.05) is 33.6 Å². The number of hydrogen-bond donors (Lipinski definition) is 2. The molecule has 0 amide bonds. The van der Waals surface area contributed by atoms with Gasteiger partial charge in [0.15, 0.2) is 0 Å². The summed E-state index contributed by atoms with van der Waals surface area (Å²) in [5.74, 6) is 6.61. The van der Waals surface area contributed by atoms with E-state index in [-0.39, 0.29) is 6.04 Å². The standard InChI is InChI=1S/C16H18BrClN2O/c1-10-7-13(18)4-5-14(10)15(20-19)9-11-8-12(17)3-6-16(11)21-2/h3-8,15,20H,9,19H2,1-2H3. The largest absolute Gasteiger partial charge is 0.496 e. The van der Waals surface area contributed by atoms with Gasteiger partial charge >= 0.3 is 0 Å². The van der Waals surface area contributed by atoms with E-state index in [2.05, 4.69) is 27.4 Å². The van der Waals surface area contributed by atoms with Gasteiger partial charge in [0.2, 0.25) is 0 Å². The van der Waals surface area contributed by atoms with Crippen LogP contribution in [0.15, 0.2) is 40.9 Å². The number of halogens is 2. The fourth-order valence-corrected chi connectivity index (χ4v) is 3.05. The van der Waals surface area contributed by atoms with Crippen LogP contribution in [0.3, 0.4) is 0 Å². The Morgan fingerprint density at radius 3 is 2.67 bits per heavy atom. The molecular weight excluding hydrogens is 352 g/mol. The predicted molar refractivity (Wildman–Crippen MR) is 90.7 cm³/mol. The van der Waals surface area contributed by atoms with Crippen LogP contribution in [-0.2, 0) is 6.42 Å². The first-order valence-corrected chi connectivity index (χ1v) is 7.77. The van der Waals surface area contributed by atoms with Crippen LogP contribution in [0.1, 0.15) is 22.7 Å².